The van der Waals surface area contributed by atoms with Crippen molar-refractivity contribution < 1.29 is 9.84 Å². The molecule has 4 nitrogen and oxygen atoms in total. The minimum absolute atomic E-state index is 0.254. The van der Waals surface area contributed by atoms with Gasteiger partial charge >= 0.3 is 0 Å². The number of halogens is 1. The molecule has 1 saturated heterocycles. The van der Waals surface area contributed by atoms with E-state index < -0.39 is 0 Å². The Morgan fingerprint density at radius 3 is 2.89 bits per heavy atom. The van der Waals surface area contributed by atoms with Gasteiger partial charge in [0, 0.05) is 37.7 Å². The number of aromatic hydroxyl groups is 1. The molecule has 0 atom stereocenters. The fraction of sp³-hybridized carbons (Fsp3) is 0.538. The molecule has 2 rings (SSSR count). The van der Waals surface area contributed by atoms with Crippen LogP contribution >= 0.6 is 11.6 Å². The zero-order valence-electron chi connectivity index (χ0n) is 10.4. The normalized spacial score (nSPS) is 16.9. The smallest absolute Gasteiger partial charge is 0.116 e. The molecule has 0 saturated carbocycles. The Labute approximate surface area is 113 Å². The third-order valence-electron chi connectivity index (χ3n) is 3.05. The molecule has 18 heavy (non-hydrogen) atoms. The van der Waals surface area contributed by atoms with Gasteiger partial charge < -0.3 is 15.2 Å². The molecule has 0 aromatic heterocycles. The SMILES string of the molecule is Oc1ccc(Cl)c(CNCCN2CCOCC2)c1. The molecule has 0 radical (unpaired) electrons. The number of rotatable bonds is 5. The second-order valence-electron chi connectivity index (χ2n) is 4.41. The largest absolute Gasteiger partial charge is 0.508 e. The third-order valence-corrected chi connectivity index (χ3v) is 3.42. The van der Waals surface area contributed by atoms with E-state index in [2.05, 4.69) is 10.2 Å². The van der Waals surface area contributed by atoms with E-state index in [0.717, 1.165) is 45.0 Å². The first-order valence-corrected chi connectivity index (χ1v) is 6.62. The number of hydrogen-bond donors (Lipinski definition) is 2. The fourth-order valence-electron chi connectivity index (χ4n) is 1.98. The summed E-state index contributed by atoms with van der Waals surface area (Å²) in [4.78, 5) is 2.38. The number of hydrogen-bond acceptors (Lipinski definition) is 4. The number of morpholine rings is 1. The Morgan fingerprint density at radius 1 is 1.33 bits per heavy atom. The summed E-state index contributed by atoms with van der Waals surface area (Å²) in [6.45, 7) is 6.28. The van der Waals surface area contributed by atoms with Crippen LogP contribution in [0, 0.1) is 0 Å². The van der Waals surface area contributed by atoms with Gasteiger partial charge in [-0.2, -0.15) is 0 Å². The van der Waals surface area contributed by atoms with Crippen molar-refractivity contribution in [3.05, 3.63) is 28.8 Å². The monoisotopic (exact) mass is 270 g/mol. The summed E-state index contributed by atoms with van der Waals surface area (Å²) in [5, 5.41) is 13.4. The summed E-state index contributed by atoms with van der Waals surface area (Å²) >= 11 is 6.05. The molecule has 1 aliphatic rings. The lowest BCUT2D eigenvalue weighted by molar-refractivity contribution is 0.0384. The molecule has 5 heteroatoms. The molecular formula is C13H19ClN2O2. The highest BCUT2D eigenvalue weighted by Gasteiger charge is 2.09. The van der Waals surface area contributed by atoms with Crippen molar-refractivity contribution >= 4 is 11.6 Å². The van der Waals surface area contributed by atoms with Crippen molar-refractivity contribution in [1.82, 2.24) is 10.2 Å². The molecule has 0 amide bonds. The number of phenolic OH excluding ortho intramolecular Hbond substituents is 1. The second kappa shape index (κ2) is 6.95. The van der Waals surface area contributed by atoms with Gasteiger partial charge in [0.15, 0.2) is 0 Å². The van der Waals surface area contributed by atoms with Crippen LogP contribution in [-0.4, -0.2) is 49.4 Å². The van der Waals surface area contributed by atoms with E-state index in [-0.39, 0.29) is 5.75 Å². The molecule has 1 fully saturated rings. The minimum atomic E-state index is 0.254. The average molecular weight is 271 g/mol. The zero-order chi connectivity index (χ0) is 12.8. The van der Waals surface area contributed by atoms with Gasteiger partial charge in [-0.3, -0.25) is 4.90 Å². The van der Waals surface area contributed by atoms with Crippen LogP contribution in [0.4, 0.5) is 0 Å². The highest BCUT2D eigenvalue weighted by Crippen LogP contribution is 2.20. The summed E-state index contributed by atoms with van der Waals surface area (Å²) in [5.41, 5.74) is 0.929. The fourth-order valence-corrected chi connectivity index (χ4v) is 2.17. The minimum Gasteiger partial charge on any atom is -0.508 e. The number of benzene rings is 1. The first kappa shape index (κ1) is 13.6. The van der Waals surface area contributed by atoms with Crippen molar-refractivity contribution in [2.75, 3.05) is 39.4 Å². The lowest BCUT2D eigenvalue weighted by Crippen LogP contribution is -2.40. The Kier molecular flexibility index (Phi) is 5.26. The van der Waals surface area contributed by atoms with Gasteiger partial charge in [0.05, 0.1) is 13.2 Å². The van der Waals surface area contributed by atoms with E-state index in [4.69, 9.17) is 16.3 Å². The van der Waals surface area contributed by atoms with Crippen LogP contribution in [-0.2, 0) is 11.3 Å². The summed E-state index contributed by atoms with van der Waals surface area (Å²) < 4.78 is 5.30. The van der Waals surface area contributed by atoms with Crippen LogP contribution in [0.2, 0.25) is 5.02 Å². The predicted octanol–water partition coefficient (Wildman–Crippen LogP) is 1.47. The molecule has 1 aromatic rings. The summed E-state index contributed by atoms with van der Waals surface area (Å²) in [6, 6.07) is 5.01. The highest BCUT2D eigenvalue weighted by atomic mass is 35.5. The lowest BCUT2D eigenvalue weighted by atomic mass is 10.2. The van der Waals surface area contributed by atoms with Gasteiger partial charge in [-0.15, -0.1) is 0 Å². The van der Waals surface area contributed by atoms with Crippen molar-refractivity contribution in [3.63, 3.8) is 0 Å². The molecule has 0 bridgehead atoms. The maximum atomic E-state index is 9.39. The quantitative estimate of drug-likeness (QED) is 0.796. The van der Waals surface area contributed by atoms with Crippen molar-refractivity contribution in [2.24, 2.45) is 0 Å². The predicted molar refractivity (Wildman–Crippen MR) is 72.1 cm³/mol. The van der Waals surface area contributed by atoms with E-state index in [9.17, 15) is 5.11 Å². The second-order valence-corrected chi connectivity index (χ2v) is 4.81. The molecule has 0 aliphatic carbocycles. The van der Waals surface area contributed by atoms with Gasteiger partial charge in [-0.25, -0.2) is 0 Å². The Hall–Kier alpha value is -0.810. The zero-order valence-corrected chi connectivity index (χ0v) is 11.1. The molecule has 0 unspecified atom stereocenters. The molecule has 1 aromatic carbocycles. The van der Waals surface area contributed by atoms with Crippen molar-refractivity contribution in [3.8, 4) is 5.75 Å². The van der Waals surface area contributed by atoms with Crippen LogP contribution in [0.15, 0.2) is 18.2 Å². The van der Waals surface area contributed by atoms with Crippen molar-refractivity contribution in [2.45, 2.75) is 6.54 Å². The van der Waals surface area contributed by atoms with E-state index in [1.165, 1.54) is 0 Å². The summed E-state index contributed by atoms with van der Waals surface area (Å²) in [6.07, 6.45) is 0. The highest BCUT2D eigenvalue weighted by molar-refractivity contribution is 6.31. The third kappa shape index (κ3) is 4.14. The summed E-state index contributed by atoms with van der Waals surface area (Å²) in [7, 11) is 0. The Bertz CT molecular complexity index is 381. The summed E-state index contributed by atoms with van der Waals surface area (Å²) in [5.74, 6) is 0.254. The Morgan fingerprint density at radius 2 is 2.11 bits per heavy atom. The molecule has 0 spiro atoms. The maximum absolute atomic E-state index is 9.39. The van der Waals surface area contributed by atoms with Gasteiger partial charge in [-0.1, -0.05) is 11.6 Å². The average Bonchev–Trinajstić information content (AvgIpc) is 2.40. The molecule has 2 N–H and O–H groups in total. The van der Waals surface area contributed by atoms with Gasteiger partial charge in [0.2, 0.25) is 0 Å². The molecule has 100 valence electrons. The molecule has 1 heterocycles. The number of ether oxygens (including phenoxy) is 1. The number of nitrogens with one attached hydrogen (secondary N) is 1. The van der Waals surface area contributed by atoms with Crippen LogP contribution in [0.3, 0.4) is 0 Å². The van der Waals surface area contributed by atoms with Crippen LogP contribution in [0.25, 0.3) is 0 Å². The topological polar surface area (TPSA) is 44.7 Å². The van der Waals surface area contributed by atoms with E-state index in [1.807, 2.05) is 0 Å². The first-order valence-electron chi connectivity index (χ1n) is 6.24. The van der Waals surface area contributed by atoms with Crippen LogP contribution in [0.1, 0.15) is 5.56 Å². The standard InChI is InChI=1S/C13H19ClN2O2/c14-13-2-1-12(17)9-11(13)10-15-3-4-16-5-7-18-8-6-16/h1-2,9,15,17H,3-8,10H2. The van der Waals surface area contributed by atoms with E-state index >= 15 is 0 Å². The lowest BCUT2D eigenvalue weighted by Gasteiger charge is -2.26. The van der Waals surface area contributed by atoms with E-state index in [1.54, 1.807) is 18.2 Å². The first-order chi connectivity index (χ1) is 8.75. The van der Waals surface area contributed by atoms with Gasteiger partial charge in [-0.05, 0) is 23.8 Å². The Balaban J connectivity index is 1.69. The van der Waals surface area contributed by atoms with Crippen LogP contribution in [0.5, 0.6) is 5.75 Å². The number of nitrogens with zero attached hydrogens (tertiary/aromatic N) is 1. The maximum Gasteiger partial charge on any atom is 0.116 e. The van der Waals surface area contributed by atoms with Crippen molar-refractivity contribution in [1.29, 1.82) is 0 Å². The number of phenols is 1. The molecule has 1 aliphatic heterocycles. The van der Waals surface area contributed by atoms with Crippen LogP contribution < -0.4 is 5.32 Å². The van der Waals surface area contributed by atoms with Gasteiger partial charge in [0.1, 0.15) is 5.75 Å². The van der Waals surface area contributed by atoms with Gasteiger partial charge in [0.25, 0.3) is 0 Å². The molecular weight excluding hydrogens is 252 g/mol. The van der Waals surface area contributed by atoms with E-state index in [0.29, 0.717) is 11.6 Å².